The molecule has 0 unspecified atom stereocenters. The van der Waals surface area contributed by atoms with Gasteiger partial charge in [-0.15, -0.1) is 12.4 Å². The van der Waals surface area contributed by atoms with Gasteiger partial charge in [-0.1, -0.05) is 39.7 Å². The van der Waals surface area contributed by atoms with E-state index in [0.717, 1.165) is 46.1 Å². The van der Waals surface area contributed by atoms with Crippen LogP contribution in [0.2, 0.25) is 5.02 Å². The van der Waals surface area contributed by atoms with E-state index in [2.05, 4.69) is 52.4 Å². The van der Waals surface area contributed by atoms with Crippen LogP contribution >= 0.6 is 39.9 Å². The molecule has 0 saturated heterocycles. The van der Waals surface area contributed by atoms with Crippen LogP contribution < -0.4 is 5.32 Å². The first kappa shape index (κ1) is 20.1. The fourth-order valence-corrected chi connectivity index (χ4v) is 3.22. The molecule has 5 heteroatoms. The second kappa shape index (κ2) is 9.44. The average Bonchev–Trinajstić information content (AvgIpc) is 3.02. The van der Waals surface area contributed by atoms with Gasteiger partial charge in [-0.25, -0.2) is 0 Å². The molecule has 3 aromatic rings. The van der Waals surface area contributed by atoms with Gasteiger partial charge in [0.25, 0.3) is 0 Å². The normalized spacial score (nSPS) is 10.5. The van der Waals surface area contributed by atoms with Gasteiger partial charge in [-0.3, -0.25) is 0 Å². The quantitative estimate of drug-likeness (QED) is 0.447. The summed E-state index contributed by atoms with van der Waals surface area (Å²) in [7, 11) is 0. The van der Waals surface area contributed by atoms with E-state index in [0.29, 0.717) is 0 Å². The monoisotopic (exact) mass is 439 g/mol. The maximum Gasteiger partial charge on any atom is 0.134 e. The highest BCUT2D eigenvalue weighted by Gasteiger charge is 2.07. The zero-order chi connectivity index (χ0) is 16.9. The topological polar surface area (TPSA) is 25.2 Å². The van der Waals surface area contributed by atoms with Crippen molar-refractivity contribution in [3.8, 4) is 11.3 Å². The van der Waals surface area contributed by atoms with Gasteiger partial charge in [-0.2, -0.15) is 0 Å². The van der Waals surface area contributed by atoms with Crippen molar-refractivity contribution >= 4 is 39.9 Å². The number of hydrogen-bond donors (Lipinski definition) is 1. The fourth-order valence-electron chi connectivity index (χ4n) is 2.62. The Labute approximate surface area is 168 Å². The summed E-state index contributed by atoms with van der Waals surface area (Å²) in [5, 5.41) is 4.20. The third-order valence-corrected chi connectivity index (χ3v) is 4.66. The summed E-state index contributed by atoms with van der Waals surface area (Å²) in [5.74, 6) is 1.86. The molecule has 0 fully saturated rings. The first-order chi connectivity index (χ1) is 11.6. The van der Waals surface area contributed by atoms with Crippen LogP contribution in [0, 0.1) is 6.92 Å². The van der Waals surface area contributed by atoms with Crippen LogP contribution in [0.5, 0.6) is 0 Å². The molecule has 0 bridgehead atoms. The second-order valence-electron chi connectivity index (χ2n) is 5.78. The number of nitrogens with one attached hydrogen (secondary N) is 1. The van der Waals surface area contributed by atoms with Crippen molar-refractivity contribution in [3.63, 3.8) is 0 Å². The Kier molecular flexibility index (Phi) is 7.57. The molecule has 0 atom stereocenters. The predicted molar refractivity (Wildman–Crippen MR) is 111 cm³/mol. The van der Waals surface area contributed by atoms with Crippen molar-refractivity contribution in [1.29, 1.82) is 0 Å². The Balaban J connectivity index is 0.00000225. The lowest BCUT2D eigenvalue weighted by atomic mass is 10.1. The molecule has 0 aliphatic carbocycles. The first-order valence-corrected chi connectivity index (χ1v) is 9.09. The molecule has 0 aliphatic heterocycles. The van der Waals surface area contributed by atoms with Crippen LogP contribution in [0.4, 0.5) is 0 Å². The number of halogens is 3. The summed E-state index contributed by atoms with van der Waals surface area (Å²) in [6.07, 6.45) is 0.969. The summed E-state index contributed by atoms with van der Waals surface area (Å²) >= 11 is 9.39. The molecule has 132 valence electrons. The molecule has 2 aromatic carbocycles. The Morgan fingerprint density at radius 3 is 2.52 bits per heavy atom. The van der Waals surface area contributed by atoms with Gasteiger partial charge in [0.15, 0.2) is 0 Å². The van der Waals surface area contributed by atoms with E-state index >= 15 is 0 Å². The van der Waals surface area contributed by atoms with Crippen molar-refractivity contribution in [2.45, 2.75) is 19.9 Å². The molecule has 0 saturated carbocycles. The van der Waals surface area contributed by atoms with Gasteiger partial charge in [0, 0.05) is 15.1 Å². The van der Waals surface area contributed by atoms with E-state index in [1.165, 1.54) is 11.1 Å². The SMILES string of the molecule is Cc1cc(Br)ccc1-c1ccc(CNCCc2ccc(Cl)cc2)o1.Cl. The molecular weight excluding hydrogens is 421 g/mol. The number of hydrogen-bond acceptors (Lipinski definition) is 2. The van der Waals surface area contributed by atoms with Crippen molar-refractivity contribution in [3.05, 3.63) is 81.0 Å². The molecule has 0 amide bonds. The average molecular weight is 441 g/mol. The summed E-state index contributed by atoms with van der Waals surface area (Å²) in [6, 6.07) is 18.3. The third kappa shape index (κ3) is 5.61. The molecule has 1 N–H and O–H groups in total. The van der Waals surface area contributed by atoms with E-state index in [9.17, 15) is 0 Å². The minimum Gasteiger partial charge on any atom is -0.460 e. The van der Waals surface area contributed by atoms with Crippen molar-refractivity contribution in [2.75, 3.05) is 6.54 Å². The smallest absolute Gasteiger partial charge is 0.134 e. The second-order valence-corrected chi connectivity index (χ2v) is 7.13. The molecule has 0 aliphatic rings. The molecule has 3 rings (SSSR count). The lowest BCUT2D eigenvalue weighted by Gasteiger charge is -2.05. The zero-order valence-corrected chi connectivity index (χ0v) is 17.0. The summed E-state index contributed by atoms with van der Waals surface area (Å²) < 4.78 is 7.05. The molecule has 25 heavy (non-hydrogen) atoms. The van der Waals surface area contributed by atoms with Gasteiger partial charge < -0.3 is 9.73 Å². The number of benzene rings is 2. The van der Waals surface area contributed by atoms with Gasteiger partial charge in [0.2, 0.25) is 0 Å². The summed E-state index contributed by atoms with van der Waals surface area (Å²) in [5.41, 5.74) is 3.60. The first-order valence-electron chi connectivity index (χ1n) is 7.92. The van der Waals surface area contributed by atoms with Gasteiger partial charge in [0.05, 0.1) is 6.54 Å². The standard InChI is InChI=1S/C20H19BrClNO.ClH/c1-14-12-16(21)4-8-19(14)20-9-7-18(24-20)13-23-11-10-15-2-5-17(22)6-3-15;/h2-9,12,23H,10-11,13H2,1H3;1H. The maximum atomic E-state index is 5.96. The lowest BCUT2D eigenvalue weighted by molar-refractivity contribution is 0.494. The van der Waals surface area contributed by atoms with Gasteiger partial charge in [0.1, 0.15) is 11.5 Å². The van der Waals surface area contributed by atoms with Gasteiger partial charge in [-0.05, 0) is 73.5 Å². The molecule has 2 nitrogen and oxygen atoms in total. The number of rotatable bonds is 6. The summed E-state index contributed by atoms with van der Waals surface area (Å²) in [6.45, 7) is 3.71. The van der Waals surface area contributed by atoms with Crippen molar-refractivity contribution in [2.24, 2.45) is 0 Å². The minimum atomic E-state index is 0. The highest BCUT2D eigenvalue weighted by Crippen LogP contribution is 2.27. The number of aryl methyl sites for hydroxylation is 1. The van der Waals surface area contributed by atoms with Crippen LogP contribution in [0.15, 0.2) is 63.5 Å². The van der Waals surface area contributed by atoms with Crippen LogP contribution in [-0.2, 0) is 13.0 Å². The largest absolute Gasteiger partial charge is 0.460 e. The van der Waals surface area contributed by atoms with Gasteiger partial charge >= 0.3 is 0 Å². The minimum absolute atomic E-state index is 0. The number of furan rings is 1. The van der Waals surface area contributed by atoms with E-state index in [1.54, 1.807) is 0 Å². The highest BCUT2D eigenvalue weighted by molar-refractivity contribution is 9.10. The predicted octanol–water partition coefficient (Wildman–Crippen LogP) is 6.43. The highest BCUT2D eigenvalue weighted by atomic mass is 79.9. The maximum absolute atomic E-state index is 5.96. The Hall–Kier alpha value is -1.26. The molecule has 1 aromatic heterocycles. The summed E-state index contributed by atoms with van der Waals surface area (Å²) in [4.78, 5) is 0. The van der Waals surface area contributed by atoms with Crippen LogP contribution in [0.1, 0.15) is 16.9 Å². The zero-order valence-electron chi connectivity index (χ0n) is 13.9. The Morgan fingerprint density at radius 1 is 1.04 bits per heavy atom. The Morgan fingerprint density at radius 2 is 1.80 bits per heavy atom. The molecule has 0 spiro atoms. The van der Waals surface area contributed by atoms with E-state index < -0.39 is 0 Å². The van der Waals surface area contributed by atoms with Crippen LogP contribution in [0.3, 0.4) is 0 Å². The van der Waals surface area contributed by atoms with E-state index in [4.69, 9.17) is 16.0 Å². The molecule has 0 radical (unpaired) electrons. The van der Waals surface area contributed by atoms with Crippen molar-refractivity contribution < 1.29 is 4.42 Å². The van der Waals surface area contributed by atoms with E-state index in [-0.39, 0.29) is 12.4 Å². The fraction of sp³-hybridized carbons (Fsp3) is 0.200. The third-order valence-electron chi connectivity index (χ3n) is 3.92. The van der Waals surface area contributed by atoms with Crippen LogP contribution in [-0.4, -0.2) is 6.54 Å². The lowest BCUT2D eigenvalue weighted by Crippen LogP contribution is -2.16. The van der Waals surface area contributed by atoms with E-state index in [1.807, 2.05) is 30.3 Å². The van der Waals surface area contributed by atoms with Crippen molar-refractivity contribution in [1.82, 2.24) is 5.32 Å². The molecular formula is C20H20BrCl2NO. The van der Waals surface area contributed by atoms with Crippen LogP contribution in [0.25, 0.3) is 11.3 Å². The molecule has 1 heterocycles. The Bertz CT molecular complexity index is 815.